The van der Waals surface area contributed by atoms with Crippen LogP contribution in [0.1, 0.15) is 21.5 Å². The zero-order chi connectivity index (χ0) is 23.6. The summed E-state index contributed by atoms with van der Waals surface area (Å²) in [6.45, 7) is 8.44. The first-order valence-corrected chi connectivity index (χ1v) is 12.6. The van der Waals surface area contributed by atoms with Crippen LogP contribution in [0.15, 0.2) is 89.3 Å². The molecule has 4 aromatic rings. The summed E-state index contributed by atoms with van der Waals surface area (Å²) >= 11 is 1.44. The fraction of sp³-hybridized carbons (Fsp3) is 0.120. The third-order valence-electron chi connectivity index (χ3n) is 5.22. The zero-order valence-corrected chi connectivity index (χ0v) is 19.9. The smallest absolute Gasteiger partial charge is 0.279 e. The van der Waals surface area contributed by atoms with E-state index in [1.165, 1.54) is 35.1 Å². The summed E-state index contributed by atoms with van der Waals surface area (Å²) in [6, 6.07) is 18.6. The average Bonchev–Trinajstić information content (AvgIpc) is 3.10. The van der Waals surface area contributed by atoms with Crippen LogP contribution in [0.3, 0.4) is 0 Å². The third-order valence-corrected chi connectivity index (χ3v) is 7.66. The number of fused-ring (bicyclic) bond motifs is 1. The Morgan fingerprint density at radius 1 is 1.06 bits per heavy atom. The van der Waals surface area contributed by atoms with Gasteiger partial charge in [-0.2, -0.15) is 4.99 Å². The number of aromatic nitrogens is 1. The second-order valence-corrected chi connectivity index (χ2v) is 10.3. The molecule has 1 amide bonds. The van der Waals surface area contributed by atoms with Crippen molar-refractivity contribution in [2.24, 2.45) is 4.99 Å². The number of rotatable bonds is 6. The third kappa shape index (κ3) is 4.81. The summed E-state index contributed by atoms with van der Waals surface area (Å²) in [6.07, 6.45) is 1.77. The highest BCUT2D eigenvalue weighted by Gasteiger charge is 2.15. The molecular weight excluding hydrogens is 454 g/mol. The lowest BCUT2D eigenvalue weighted by molar-refractivity contribution is 0.0998. The number of nitrogens with one attached hydrogen (secondary N) is 1. The molecule has 4 rings (SSSR count). The molecule has 0 aliphatic carbocycles. The largest absolute Gasteiger partial charge is 0.312 e. The van der Waals surface area contributed by atoms with Crippen molar-refractivity contribution < 1.29 is 13.2 Å². The molecule has 0 aliphatic rings. The number of thiazole rings is 1. The number of hydrogen-bond acceptors (Lipinski definition) is 4. The van der Waals surface area contributed by atoms with Crippen molar-refractivity contribution in [3.8, 4) is 0 Å². The first-order chi connectivity index (χ1) is 15.8. The van der Waals surface area contributed by atoms with E-state index in [-0.39, 0.29) is 4.90 Å². The fourth-order valence-corrected chi connectivity index (χ4v) is 5.58. The highest BCUT2D eigenvalue weighted by Crippen LogP contribution is 2.22. The zero-order valence-electron chi connectivity index (χ0n) is 18.3. The lowest BCUT2D eigenvalue weighted by Crippen LogP contribution is -2.16. The summed E-state index contributed by atoms with van der Waals surface area (Å²) in [5.74, 6) is -0.450. The van der Waals surface area contributed by atoms with Crippen LogP contribution in [0.2, 0.25) is 0 Å². The van der Waals surface area contributed by atoms with Gasteiger partial charge in [-0.05, 0) is 67.4 Å². The van der Waals surface area contributed by atoms with E-state index in [0.717, 1.165) is 15.8 Å². The highest BCUT2D eigenvalue weighted by atomic mass is 32.2. The van der Waals surface area contributed by atoms with Gasteiger partial charge in [0.15, 0.2) is 4.80 Å². The molecule has 0 radical (unpaired) electrons. The topological polar surface area (TPSA) is 80.5 Å². The minimum atomic E-state index is -3.76. The molecule has 0 saturated heterocycles. The number of benzene rings is 3. The molecule has 0 bridgehead atoms. The lowest BCUT2D eigenvalue weighted by atomic mass is 10.1. The molecule has 0 unspecified atom stereocenters. The summed E-state index contributed by atoms with van der Waals surface area (Å²) in [4.78, 5) is 18.1. The van der Waals surface area contributed by atoms with Crippen LogP contribution in [-0.2, 0) is 16.6 Å². The van der Waals surface area contributed by atoms with Crippen molar-refractivity contribution in [3.05, 3.63) is 101 Å². The van der Waals surface area contributed by atoms with Crippen LogP contribution in [0.25, 0.3) is 10.2 Å². The highest BCUT2D eigenvalue weighted by molar-refractivity contribution is 7.92. The van der Waals surface area contributed by atoms with Gasteiger partial charge in [-0.15, -0.1) is 6.58 Å². The van der Waals surface area contributed by atoms with Crippen molar-refractivity contribution in [3.63, 3.8) is 0 Å². The Labute approximate surface area is 196 Å². The molecule has 1 N–H and O–H groups in total. The Kier molecular flexibility index (Phi) is 6.31. The first kappa shape index (κ1) is 22.7. The molecule has 3 aromatic carbocycles. The van der Waals surface area contributed by atoms with E-state index in [9.17, 15) is 13.2 Å². The van der Waals surface area contributed by atoms with Gasteiger partial charge in [0.2, 0.25) is 0 Å². The number of nitrogens with zero attached hydrogens (tertiary/aromatic N) is 2. The minimum Gasteiger partial charge on any atom is -0.312 e. The Bertz CT molecular complexity index is 1530. The maximum atomic E-state index is 13.0. The van der Waals surface area contributed by atoms with Crippen LogP contribution in [0, 0.1) is 13.8 Å². The molecule has 6 nitrogen and oxygen atoms in total. The Morgan fingerprint density at radius 2 is 1.79 bits per heavy atom. The molecule has 1 aromatic heterocycles. The van der Waals surface area contributed by atoms with Crippen LogP contribution in [-0.4, -0.2) is 18.9 Å². The van der Waals surface area contributed by atoms with Gasteiger partial charge in [0, 0.05) is 17.8 Å². The van der Waals surface area contributed by atoms with Crippen LogP contribution >= 0.6 is 11.3 Å². The number of amides is 1. The number of carbonyl (C=O) groups excluding carboxylic acids is 1. The van der Waals surface area contributed by atoms with Gasteiger partial charge in [-0.1, -0.05) is 41.7 Å². The number of hydrogen-bond donors (Lipinski definition) is 1. The number of sulfonamides is 1. The summed E-state index contributed by atoms with van der Waals surface area (Å²) in [5, 5.41) is 0. The predicted octanol–water partition coefficient (Wildman–Crippen LogP) is 5.05. The van der Waals surface area contributed by atoms with Gasteiger partial charge >= 0.3 is 0 Å². The van der Waals surface area contributed by atoms with Crippen LogP contribution in [0.5, 0.6) is 0 Å². The lowest BCUT2D eigenvalue weighted by Gasteiger charge is -2.08. The minimum absolute atomic E-state index is 0.146. The van der Waals surface area contributed by atoms with Crippen molar-refractivity contribution in [2.45, 2.75) is 25.3 Å². The van der Waals surface area contributed by atoms with E-state index in [1.54, 1.807) is 42.5 Å². The molecule has 0 saturated carbocycles. The normalized spacial score (nSPS) is 12.1. The standard InChI is InChI=1S/C25H23N3O3S2/c1-4-13-28-22-14-17(2)18(3)15-23(22)32-25(28)26-24(29)19-9-8-10-20(16-19)27-33(30,31)21-11-6-5-7-12-21/h4-12,14-16,27H,1,13H2,2-3H3. The first-order valence-electron chi connectivity index (χ1n) is 10.3. The summed E-state index contributed by atoms with van der Waals surface area (Å²) < 4.78 is 30.7. The monoisotopic (exact) mass is 477 g/mol. The van der Waals surface area contributed by atoms with Crippen LogP contribution in [0.4, 0.5) is 5.69 Å². The van der Waals surface area contributed by atoms with Gasteiger partial charge in [0.1, 0.15) is 0 Å². The Hall–Kier alpha value is -3.49. The van der Waals surface area contributed by atoms with Gasteiger partial charge in [0.05, 0.1) is 15.1 Å². The van der Waals surface area contributed by atoms with Gasteiger partial charge in [-0.3, -0.25) is 9.52 Å². The van der Waals surface area contributed by atoms with E-state index in [1.807, 2.05) is 4.57 Å². The van der Waals surface area contributed by atoms with Gasteiger partial charge in [0.25, 0.3) is 15.9 Å². The number of carbonyl (C=O) groups is 1. The molecular formula is C25H23N3O3S2. The number of allylic oxidation sites excluding steroid dienone is 1. The van der Waals surface area contributed by atoms with Crippen molar-refractivity contribution in [1.82, 2.24) is 4.57 Å². The molecule has 0 atom stereocenters. The van der Waals surface area contributed by atoms with E-state index >= 15 is 0 Å². The van der Waals surface area contributed by atoms with Crippen molar-refractivity contribution in [2.75, 3.05) is 4.72 Å². The fourth-order valence-electron chi connectivity index (χ4n) is 3.39. The van der Waals surface area contributed by atoms with Gasteiger partial charge < -0.3 is 4.57 Å². The quantitative estimate of drug-likeness (QED) is 0.395. The number of aryl methyl sites for hydroxylation is 2. The predicted molar refractivity (Wildman–Crippen MR) is 133 cm³/mol. The molecule has 1 heterocycles. The molecule has 168 valence electrons. The van der Waals surface area contributed by atoms with E-state index in [0.29, 0.717) is 22.6 Å². The van der Waals surface area contributed by atoms with E-state index in [2.05, 4.69) is 42.3 Å². The maximum absolute atomic E-state index is 13.0. The summed E-state index contributed by atoms with van der Waals surface area (Å²) in [5.41, 5.74) is 3.92. The SMILES string of the molecule is C=CCn1c(=NC(=O)c2cccc(NS(=O)(=O)c3ccccc3)c2)sc2cc(C)c(C)cc21. The second-order valence-electron chi connectivity index (χ2n) is 7.60. The maximum Gasteiger partial charge on any atom is 0.279 e. The Morgan fingerprint density at radius 3 is 2.52 bits per heavy atom. The summed E-state index contributed by atoms with van der Waals surface area (Å²) in [7, 11) is -3.76. The van der Waals surface area contributed by atoms with E-state index < -0.39 is 15.9 Å². The average molecular weight is 478 g/mol. The Balaban J connectivity index is 1.70. The molecule has 0 fully saturated rings. The molecule has 0 aliphatic heterocycles. The molecule has 8 heteroatoms. The van der Waals surface area contributed by atoms with Crippen LogP contribution < -0.4 is 9.52 Å². The second kappa shape index (κ2) is 9.17. The van der Waals surface area contributed by atoms with Crippen molar-refractivity contribution >= 4 is 43.2 Å². The molecule has 33 heavy (non-hydrogen) atoms. The van der Waals surface area contributed by atoms with E-state index in [4.69, 9.17) is 0 Å². The van der Waals surface area contributed by atoms with Gasteiger partial charge in [-0.25, -0.2) is 8.42 Å². The molecule has 0 spiro atoms. The van der Waals surface area contributed by atoms with Crippen molar-refractivity contribution in [1.29, 1.82) is 0 Å². The number of anilines is 1.